The van der Waals surface area contributed by atoms with Crippen LogP contribution < -0.4 is 5.32 Å². The molecule has 1 saturated heterocycles. The molecule has 0 spiro atoms. The zero-order chi connectivity index (χ0) is 29.2. The fourth-order valence-corrected chi connectivity index (χ4v) is 5.83. The van der Waals surface area contributed by atoms with E-state index in [2.05, 4.69) is 15.3 Å². The minimum Gasteiger partial charge on any atom is -0.387 e. The number of methoxy groups -OCH3 is 1. The number of nitrogens with zero attached hydrogens (tertiary/aromatic N) is 4. The molecule has 0 aliphatic carbocycles. The maximum absolute atomic E-state index is 14.3. The number of ether oxygens (including phenoxy) is 1. The van der Waals surface area contributed by atoms with E-state index < -0.39 is 36.6 Å². The van der Waals surface area contributed by atoms with E-state index in [4.69, 9.17) is 9.84 Å². The molecule has 216 valence electrons. The molecule has 1 aromatic carbocycles. The average molecular weight is 580 g/mol. The molecule has 1 aliphatic heterocycles. The number of aromatic nitrogens is 2. The van der Waals surface area contributed by atoms with Crippen LogP contribution in [0.5, 0.6) is 0 Å². The van der Waals surface area contributed by atoms with E-state index in [0.717, 1.165) is 27.3 Å². The monoisotopic (exact) mass is 579 g/mol. The van der Waals surface area contributed by atoms with Crippen LogP contribution in [-0.2, 0) is 14.3 Å². The standard InChI is InChI=1S/C27H32F3N5O4S/c1-15(39-4)22-20(13-31-25-23(22)32-16(2)40-25)33-19-7-5-17(6-8-19)24(27(28,29)30)34(3)26(38)18-9-11-35(12-10-18)21(37)14-36/h5-8,13,15,18,24,33,36H,9-12,14H2,1-4H3/t15-,24+/m1/s1. The first kappa shape index (κ1) is 29.7. The van der Waals surface area contributed by atoms with Gasteiger partial charge in [0.2, 0.25) is 11.8 Å². The second-order valence-electron chi connectivity index (χ2n) is 9.80. The molecule has 0 saturated carbocycles. The van der Waals surface area contributed by atoms with Gasteiger partial charge in [-0.3, -0.25) is 9.59 Å². The second-order valence-corrected chi connectivity index (χ2v) is 11.0. The summed E-state index contributed by atoms with van der Waals surface area (Å²) in [5.41, 5.74) is 2.60. The van der Waals surface area contributed by atoms with E-state index in [1.54, 1.807) is 13.3 Å². The average Bonchev–Trinajstić information content (AvgIpc) is 3.32. The summed E-state index contributed by atoms with van der Waals surface area (Å²) in [6.45, 7) is 3.56. The number of aliphatic hydroxyl groups is 1. The first-order chi connectivity index (χ1) is 18.9. The smallest absolute Gasteiger partial charge is 0.387 e. The van der Waals surface area contributed by atoms with Gasteiger partial charge in [0.25, 0.3) is 0 Å². The van der Waals surface area contributed by atoms with Crippen LogP contribution in [0, 0.1) is 12.8 Å². The predicted octanol–water partition coefficient (Wildman–Crippen LogP) is 4.74. The summed E-state index contributed by atoms with van der Waals surface area (Å²) in [5, 5.41) is 13.1. The van der Waals surface area contributed by atoms with Crippen molar-refractivity contribution in [1.82, 2.24) is 19.8 Å². The number of carbonyl (C=O) groups excluding carboxylic acids is 2. The van der Waals surface area contributed by atoms with Crippen molar-refractivity contribution in [3.05, 3.63) is 46.6 Å². The molecular formula is C27H32F3N5O4S. The van der Waals surface area contributed by atoms with Gasteiger partial charge in [0.15, 0.2) is 6.04 Å². The Morgan fingerprint density at radius 2 is 1.90 bits per heavy atom. The topological polar surface area (TPSA) is 108 Å². The summed E-state index contributed by atoms with van der Waals surface area (Å²) < 4.78 is 48.3. The number of alkyl halides is 3. The molecule has 3 aromatic rings. The summed E-state index contributed by atoms with van der Waals surface area (Å²) in [5.74, 6) is -1.73. The van der Waals surface area contributed by atoms with Crippen LogP contribution in [-0.4, -0.2) is 76.7 Å². The Kier molecular flexibility index (Phi) is 8.96. The highest BCUT2D eigenvalue weighted by Gasteiger charge is 2.46. The minimum atomic E-state index is -4.70. The number of halogens is 3. The van der Waals surface area contributed by atoms with Crippen molar-refractivity contribution >= 4 is 44.9 Å². The molecule has 2 amide bonds. The van der Waals surface area contributed by atoms with Gasteiger partial charge in [0, 0.05) is 44.4 Å². The number of aliphatic hydroxyl groups excluding tert-OH is 1. The molecule has 1 aliphatic rings. The Bertz CT molecular complexity index is 1360. The lowest BCUT2D eigenvalue weighted by Gasteiger charge is -2.36. The molecule has 0 radical (unpaired) electrons. The van der Waals surface area contributed by atoms with Gasteiger partial charge < -0.3 is 25.0 Å². The fraction of sp³-hybridized carbons (Fsp3) is 0.481. The predicted molar refractivity (Wildman–Crippen MR) is 145 cm³/mol. The van der Waals surface area contributed by atoms with Crippen LogP contribution in [0.4, 0.5) is 24.5 Å². The largest absolute Gasteiger partial charge is 0.413 e. The number of hydrogen-bond acceptors (Lipinski definition) is 8. The third kappa shape index (κ3) is 6.21. The number of amides is 2. The molecule has 2 aromatic heterocycles. The van der Waals surface area contributed by atoms with E-state index in [9.17, 15) is 22.8 Å². The molecule has 40 heavy (non-hydrogen) atoms. The van der Waals surface area contributed by atoms with Gasteiger partial charge in [0.05, 0.1) is 23.0 Å². The Morgan fingerprint density at radius 1 is 1.25 bits per heavy atom. The summed E-state index contributed by atoms with van der Waals surface area (Å²) >= 11 is 1.46. The van der Waals surface area contributed by atoms with Crippen molar-refractivity contribution in [2.24, 2.45) is 5.92 Å². The number of likely N-dealkylation sites (tertiary alicyclic amines) is 1. The number of hydrogen-bond donors (Lipinski definition) is 2. The molecule has 9 nitrogen and oxygen atoms in total. The van der Waals surface area contributed by atoms with Gasteiger partial charge in [-0.25, -0.2) is 9.97 Å². The van der Waals surface area contributed by atoms with Crippen molar-refractivity contribution in [2.45, 2.75) is 45.0 Å². The number of carbonyl (C=O) groups is 2. The number of anilines is 2. The third-order valence-electron chi connectivity index (χ3n) is 7.22. The molecule has 2 atom stereocenters. The lowest BCUT2D eigenvalue weighted by Crippen LogP contribution is -2.47. The number of nitrogens with one attached hydrogen (secondary N) is 1. The molecule has 0 bridgehead atoms. The van der Waals surface area contributed by atoms with Gasteiger partial charge in [-0.1, -0.05) is 23.5 Å². The first-order valence-electron chi connectivity index (χ1n) is 12.8. The Balaban J connectivity index is 1.54. The first-order valence-corrected chi connectivity index (χ1v) is 13.6. The highest BCUT2D eigenvalue weighted by molar-refractivity contribution is 7.18. The number of aryl methyl sites for hydroxylation is 1. The van der Waals surface area contributed by atoms with E-state index in [0.29, 0.717) is 16.9 Å². The van der Waals surface area contributed by atoms with Gasteiger partial charge >= 0.3 is 6.18 Å². The number of thiazole rings is 1. The van der Waals surface area contributed by atoms with Crippen LogP contribution in [0.25, 0.3) is 10.3 Å². The van der Waals surface area contributed by atoms with E-state index >= 15 is 0 Å². The zero-order valence-corrected chi connectivity index (χ0v) is 23.5. The maximum Gasteiger partial charge on any atom is 0.413 e. The SMILES string of the molecule is CO[C@H](C)c1c(Nc2ccc([C@H](N(C)C(=O)C3CCN(C(=O)CO)CC3)C(F)(F)F)cc2)cnc2sc(C)nc12. The molecule has 1 fully saturated rings. The summed E-state index contributed by atoms with van der Waals surface area (Å²) in [6.07, 6.45) is -2.88. The van der Waals surface area contributed by atoms with Gasteiger partial charge in [-0.15, -0.1) is 0 Å². The second kappa shape index (κ2) is 12.1. The van der Waals surface area contributed by atoms with Crippen molar-refractivity contribution in [3.63, 3.8) is 0 Å². The molecule has 13 heteroatoms. The van der Waals surface area contributed by atoms with Crippen LogP contribution in [0.3, 0.4) is 0 Å². The molecule has 4 rings (SSSR count). The molecule has 2 N–H and O–H groups in total. The minimum absolute atomic E-state index is 0.0732. The molecule has 3 heterocycles. The van der Waals surface area contributed by atoms with Gasteiger partial charge in [0.1, 0.15) is 17.0 Å². The van der Waals surface area contributed by atoms with Crippen LogP contribution in [0.15, 0.2) is 30.5 Å². The van der Waals surface area contributed by atoms with Crippen molar-refractivity contribution in [2.75, 3.05) is 39.2 Å². The van der Waals surface area contributed by atoms with Gasteiger partial charge in [-0.05, 0) is 44.4 Å². The quantitative estimate of drug-likeness (QED) is 0.397. The molecule has 0 unspecified atom stereocenters. The van der Waals surface area contributed by atoms with Crippen molar-refractivity contribution in [1.29, 1.82) is 0 Å². The Hall–Kier alpha value is -3.29. The van der Waals surface area contributed by atoms with Gasteiger partial charge in [-0.2, -0.15) is 13.2 Å². The zero-order valence-electron chi connectivity index (χ0n) is 22.7. The van der Waals surface area contributed by atoms with E-state index in [1.807, 2.05) is 13.8 Å². The summed E-state index contributed by atoms with van der Waals surface area (Å²) in [6, 6.07) is 3.63. The third-order valence-corrected chi connectivity index (χ3v) is 8.09. The van der Waals surface area contributed by atoms with E-state index in [-0.39, 0.29) is 37.6 Å². The van der Waals surface area contributed by atoms with Crippen molar-refractivity contribution < 1.29 is 32.6 Å². The lowest BCUT2D eigenvalue weighted by molar-refractivity contribution is -0.191. The molecular weight excluding hydrogens is 547 g/mol. The lowest BCUT2D eigenvalue weighted by atomic mass is 9.93. The highest BCUT2D eigenvalue weighted by atomic mass is 32.1. The van der Waals surface area contributed by atoms with Crippen LogP contribution >= 0.6 is 11.3 Å². The Morgan fingerprint density at radius 3 is 2.48 bits per heavy atom. The summed E-state index contributed by atoms with van der Waals surface area (Å²) in [7, 11) is 2.74. The normalized spacial score (nSPS) is 16.1. The number of pyridine rings is 1. The van der Waals surface area contributed by atoms with Crippen LogP contribution in [0.1, 0.15) is 48.0 Å². The van der Waals surface area contributed by atoms with Crippen LogP contribution in [0.2, 0.25) is 0 Å². The number of benzene rings is 1. The fourth-order valence-electron chi connectivity index (χ4n) is 5.06. The highest BCUT2D eigenvalue weighted by Crippen LogP contribution is 2.40. The van der Waals surface area contributed by atoms with E-state index in [1.165, 1.54) is 40.5 Å². The number of piperidine rings is 1. The number of fused-ring (bicyclic) bond motifs is 1. The van der Waals surface area contributed by atoms with Crippen molar-refractivity contribution in [3.8, 4) is 0 Å². The Labute approximate surface area is 234 Å². The maximum atomic E-state index is 14.3. The number of rotatable bonds is 8. The summed E-state index contributed by atoms with van der Waals surface area (Å²) in [4.78, 5) is 36.8.